The number of aliphatic hydroxyl groups is 1. The van der Waals surface area contributed by atoms with Gasteiger partial charge in [0.15, 0.2) is 0 Å². The van der Waals surface area contributed by atoms with Crippen LogP contribution in [0.1, 0.15) is 45.7 Å². The van der Waals surface area contributed by atoms with Crippen LogP contribution in [0.15, 0.2) is 79.0 Å². The largest absolute Gasteiger partial charge is 0.465 e. The van der Waals surface area contributed by atoms with Crippen molar-refractivity contribution in [1.29, 1.82) is 0 Å². The molecule has 2 aromatic carbocycles. The van der Waals surface area contributed by atoms with E-state index in [4.69, 9.17) is 0 Å². The molecule has 3 rings (SSSR count). The number of nitrogens with zero attached hydrogens (tertiary/aromatic N) is 2. The molecule has 6 heteroatoms. The molecule has 0 fully saturated rings. The van der Waals surface area contributed by atoms with Gasteiger partial charge in [-0.25, -0.2) is 4.79 Å². The Morgan fingerprint density at radius 1 is 0.946 bits per heavy atom. The van der Waals surface area contributed by atoms with Crippen LogP contribution in [0.25, 0.3) is 11.3 Å². The van der Waals surface area contributed by atoms with Crippen LogP contribution in [-0.4, -0.2) is 50.9 Å². The van der Waals surface area contributed by atoms with Crippen molar-refractivity contribution in [3.8, 4) is 11.3 Å². The normalized spacial score (nSPS) is 14.4. The minimum atomic E-state index is -1.13. The second-order valence-corrected chi connectivity index (χ2v) is 11.3. The Bertz CT molecular complexity index is 1100. The predicted molar refractivity (Wildman–Crippen MR) is 149 cm³/mol. The lowest BCUT2D eigenvalue weighted by Gasteiger charge is -2.46. The number of aliphatic hydroxyl groups excluding tert-OH is 1. The van der Waals surface area contributed by atoms with Gasteiger partial charge in [-0.15, -0.1) is 0 Å². The van der Waals surface area contributed by atoms with E-state index in [2.05, 4.69) is 74.1 Å². The van der Waals surface area contributed by atoms with Crippen LogP contribution < -0.4 is 5.32 Å². The van der Waals surface area contributed by atoms with Crippen LogP contribution in [0.3, 0.4) is 0 Å². The number of benzene rings is 2. The van der Waals surface area contributed by atoms with Gasteiger partial charge in [0.05, 0.1) is 17.8 Å². The van der Waals surface area contributed by atoms with E-state index in [-0.39, 0.29) is 11.5 Å². The minimum absolute atomic E-state index is 0.286. The predicted octanol–water partition coefficient (Wildman–Crippen LogP) is 5.86. The smallest absolute Gasteiger partial charge is 0.404 e. The fourth-order valence-corrected chi connectivity index (χ4v) is 5.07. The average Bonchev–Trinajstić information content (AvgIpc) is 2.84. The number of aromatic nitrogens is 1. The number of carbonyl (C=O) groups is 1. The third kappa shape index (κ3) is 8.41. The molecule has 0 saturated heterocycles. The zero-order valence-electron chi connectivity index (χ0n) is 22.6. The SMILES string of the molecule is CC(C)CN(Cc1ccc(-c2ccccn2)cc1)C([C@H](O)[C@H](Cc1ccccc1)NC(=O)O)C(C)(C)C. The van der Waals surface area contributed by atoms with E-state index >= 15 is 0 Å². The molecule has 1 heterocycles. The molecule has 37 heavy (non-hydrogen) atoms. The number of pyridine rings is 1. The van der Waals surface area contributed by atoms with Crippen LogP contribution in [0, 0.1) is 11.3 Å². The molecule has 1 unspecified atom stereocenters. The van der Waals surface area contributed by atoms with E-state index in [0.29, 0.717) is 18.9 Å². The highest BCUT2D eigenvalue weighted by Gasteiger charge is 2.40. The summed E-state index contributed by atoms with van der Waals surface area (Å²) in [5.74, 6) is 0.366. The molecule has 0 bridgehead atoms. The first-order valence-electron chi connectivity index (χ1n) is 13.0. The molecule has 0 spiro atoms. The number of hydrogen-bond donors (Lipinski definition) is 3. The highest BCUT2D eigenvalue weighted by Crippen LogP contribution is 2.31. The van der Waals surface area contributed by atoms with Crippen molar-refractivity contribution in [2.45, 2.75) is 65.8 Å². The van der Waals surface area contributed by atoms with Crippen molar-refractivity contribution in [2.24, 2.45) is 11.3 Å². The molecule has 3 atom stereocenters. The number of nitrogens with one attached hydrogen (secondary N) is 1. The summed E-state index contributed by atoms with van der Waals surface area (Å²) < 4.78 is 0. The van der Waals surface area contributed by atoms with E-state index in [1.165, 1.54) is 0 Å². The summed E-state index contributed by atoms with van der Waals surface area (Å²) in [5, 5.41) is 24.0. The average molecular weight is 504 g/mol. The van der Waals surface area contributed by atoms with E-state index in [1.54, 1.807) is 6.20 Å². The Labute approximate surface area is 221 Å². The molecule has 6 nitrogen and oxygen atoms in total. The maximum absolute atomic E-state index is 11.8. The first kappa shape index (κ1) is 28.4. The number of hydrogen-bond acceptors (Lipinski definition) is 4. The molecule has 3 N–H and O–H groups in total. The summed E-state index contributed by atoms with van der Waals surface area (Å²) in [6.45, 7) is 12.1. The monoisotopic (exact) mass is 503 g/mol. The summed E-state index contributed by atoms with van der Waals surface area (Å²) in [7, 11) is 0. The van der Waals surface area contributed by atoms with E-state index in [1.807, 2.05) is 48.5 Å². The fraction of sp³-hybridized carbons (Fsp3) is 0.419. The Morgan fingerprint density at radius 3 is 2.14 bits per heavy atom. The van der Waals surface area contributed by atoms with Gasteiger partial charge in [-0.3, -0.25) is 9.88 Å². The van der Waals surface area contributed by atoms with Crippen molar-refractivity contribution in [2.75, 3.05) is 6.54 Å². The van der Waals surface area contributed by atoms with Gasteiger partial charge in [-0.05, 0) is 41.0 Å². The molecular formula is C31H41N3O3. The summed E-state index contributed by atoms with van der Waals surface area (Å²) in [6.07, 6.45) is 0.158. The van der Waals surface area contributed by atoms with Gasteiger partial charge in [0.1, 0.15) is 0 Å². The van der Waals surface area contributed by atoms with Crippen LogP contribution in [0.5, 0.6) is 0 Å². The van der Waals surface area contributed by atoms with Crippen LogP contribution >= 0.6 is 0 Å². The summed E-state index contributed by atoms with van der Waals surface area (Å²) >= 11 is 0. The zero-order valence-corrected chi connectivity index (χ0v) is 22.6. The molecule has 3 aromatic rings. The molecule has 0 aliphatic carbocycles. The summed E-state index contributed by atoms with van der Waals surface area (Å²) in [6, 6.07) is 23.1. The van der Waals surface area contributed by atoms with Crippen molar-refractivity contribution in [1.82, 2.24) is 15.2 Å². The number of rotatable bonds is 11. The Balaban J connectivity index is 1.90. The van der Waals surface area contributed by atoms with Crippen LogP contribution in [0.2, 0.25) is 0 Å². The highest BCUT2D eigenvalue weighted by atomic mass is 16.4. The Hall–Kier alpha value is -3.22. The summed E-state index contributed by atoms with van der Waals surface area (Å²) in [4.78, 5) is 18.5. The highest BCUT2D eigenvalue weighted by molar-refractivity contribution is 5.65. The maximum atomic E-state index is 11.8. The molecule has 0 aliphatic heterocycles. The molecule has 1 aromatic heterocycles. The van der Waals surface area contributed by atoms with Gasteiger partial charge in [0.25, 0.3) is 0 Å². The van der Waals surface area contributed by atoms with Crippen LogP contribution in [0.4, 0.5) is 4.79 Å². The van der Waals surface area contributed by atoms with E-state index in [9.17, 15) is 15.0 Å². The van der Waals surface area contributed by atoms with Gasteiger partial charge in [0.2, 0.25) is 0 Å². The third-order valence-electron chi connectivity index (χ3n) is 6.52. The Kier molecular flexibility index (Phi) is 9.84. The first-order chi connectivity index (χ1) is 17.5. The number of carboxylic acid groups (broad SMARTS) is 1. The quantitative estimate of drug-likeness (QED) is 0.305. The molecule has 0 saturated carbocycles. The van der Waals surface area contributed by atoms with Gasteiger partial charge < -0.3 is 15.5 Å². The van der Waals surface area contributed by atoms with Crippen molar-refractivity contribution >= 4 is 6.09 Å². The standard InChI is InChI=1S/C31H41N3O3/c1-22(2)20-34(21-24-14-16-25(17-15-24)26-13-9-10-18-32-26)29(31(3,4)5)28(35)27(33-30(36)37)19-23-11-7-6-8-12-23/h6-18,22,27-29,33,35H,19-21H2,1-5H3,(H,36,37)/t27-,28+,29?/m0/s1. The summed E-state index contributed by atoms with van der Waals surface area (Å²) in [5.41, 5.74) is 3.79. The van der Waals surface area contributed by atoms with Gasteiger partial charge in [-0.1, -0.05) is 95.3 Å². The Morgan fingerprint density at radius 2 is 1.59 bits per heavy atom. The van der Waals surface area contributed by atoms with Crippen molar-refractivity contribution < 1.29 is 15.0 Å². The minimum Gasteiger partial charge on any atom is -0.465 e. The van der Waals surface area contributed by atoms with Crippen molar-refractivity contribution in [3.63, 3.8) is 0 Å². The third-order valence-corrected chi connectivity index (χ3v) is 6.52. The topological polar surface area (TPSA) is 85.7 Å². The maximum Gasteiger partial charge on any atom is 0.404 e. The lowest BCUT2D eigenvalue weighted by Crippen LogP contribution is -2.59. The van der Waals surface area contributed by atoms with Crippen LogP contribution in [-0.2, 0) is 13.0 Å². The van der Waals surface area contributed by atoms with Gasteiger partial charge in [0, 0.05) is 30.9 Å². The molecular weight excluding hydrogens is 462 g/mol. The second-order valence-electron chi connectivity index (χ2n) is 11.3. The number of amides is 1. The molecule has 198 valence electrons. The first-order valence-corrected chi connectivity index (χ1v) is 13.0. The zero-order chi connectivity index (χ0) is 27.0. The lowest BCUT2D eigenvalue weighted by atomic mass is 9.78. The molecule has 1 amide bonds. The second kappa shape index (κ2) is 12.8. The fourth-order valence-electron chi connectivity index (χ4n) is 5.07. The van der Waals surface area contributed by atoms with Crippen molar-refractivity contribution in [3.05, 3.63) is 90.1 Å². The molecule has 0 radical (unpaired) electrons. The van der Waals surface area contributed by atoms with E-state index in [0.717, 1.165) is 28.9 Å². The van der Waals surface area contributed by atoms with E-state index < -0.39 is 18.2 Å². The van der Waals surface area contributed by atoms with Gasteiger partial charge >= 0.3 is 6.09 Å². The van der Waals surface area contributed by atoms with Gasteiger partial charge in [-0.2, -0.15) is 0 Å². The molecule has 0 aliphatic rings. The lowest BCUT2D eigenvalue weighted by molar-refractivity contribution is -0.0360.